The first-order valence-corrected chi connectivity index (χ1v) is 8.46. The second kappa shape index (κ2) is 4.42. The lowest BCUT2D eigenvalue weighted by atomic mass is 10.1. The van der Waals surface area contributed by atoms with Crippen molar-refractivity contribution >= 4 is 20.8 Å². The fourth-order valence-corrected chi connectivity index (χ4v) is 4.32. The molecular weight excluding hydrogens is 292 g/mol. The van der Waals surface area contributed by atoms with Crippen molar-refractivity contribution in [3.05, 3.63) is 36.2 Å². The lowest BCUT2D eigenvalue weighted by Crippen LogP contribution is -2.03. The Kier molecular flexibility index (Phi) is 2.65. The first-order valence-electron chi connectivity index (χ1n) is 6.64. The number of benzene rings is 1. The first kappa shape index (κ1) is 12.6. The summed E-state index contributed by atoms with van der Waals surface area (Å²) in [5, 5.41) is 4.86. The molecule has 1 aromatic carbocycles. The van der Waals surface area contributed by atoms with E-state index in [9.17, 15) is 8.42 Å². The highest BCUT2D eigenvalue weighted by Gasteiger charge is 2.33. The molecule has 6 nitrogen and oxygen atoms in total. The fourth-order valence-electron chi connectivity index (χ4n) is 2.58. The van der Waals surface area contributed by atoms with Crippen molar-refractivity contribution in [2.45, 2.75) is 12.3 Å². The van der Waals surface area contributed by atoms with Crippen LogP contribution in [-0.2, 0) is 9.84 Å². The third-order valence-electron chi connectivity index (χ3n) is 3.67. The van der Waals surface area contributed by atoms with Crippen molar-refractivity contribution in [1.29, 1.82) is 0 Å². The number of nitrogens with zero attached hydrogens (tertiary/aromatic N) is 2. The van der Waals surface area contributed by atoms with Gasteiger partial charge in [0.05, 0.1) is 17.4 Å². The topological polar surface area (TPSA) is 86.2 Å². The van der Waals surface area contributed by atoms with Crippen molar-refractivity contribution in [3.63, 3.8) is 0 Å². The quantitative estimate of drug-likeness (QED) is 0.722. The zero-order valence-corrected chi connectivity index (χ0v) is 11.8. The van der Waals surface area contributed by atoms with Crippen LogP contribution in [-0.4, -0.2) is 30.1 Å². The minimum atomic E-state index is -2.97. The van der Waals surface area contributed by atoms with Crippen LogP contribution in [0.3, 0.4) is 0 Å². The summed E-state index contributed by atoms with van der Waals surface area (Å²) >= 11 is 0. The van der Waals surface area contributed by atoms with E-state index in [0.29, 0.717) is 23.9 Å². The molecule has 0 saturated carbocycles. The second-order valence-corrected chi connectivity index (χ2v) is 7.43. The average Bonchev–Trinajstić information content (AvgIpc) is 3.14. The van der Waals surface area contributed by atoms with Crippen LogP contribution in [0.15, 0.2) is 39.3 Å². The summed E-state index contributed by atoms with van der Waals surface area (Å²) in [5.74, 6) is 1.29. The SMILES string of the molecule is O=S1(=O)CC[C@@H](c2nc(-c3cc4ccccc4o3)no2)C1. The van der Waals surface area contributed by atoms with Gasteiger partial charge in [0.15, 0.2) is 15.6 Å². The van der Waals surface area contributed by atoms with Crippen molar-refractivity contribution in [2.75, 3.05) is 11.5 Å². The Morgan fingerprint density at radius 3 is 2.86 bits per heavy atom. The van der Waals surface area contributed by atoms with Crippen LogP contribution < -0.4 is 0 Å². The van der Waals surface area contributed by atoms with Crippen LogP contribution in [0.25, 0.3) is 22.6 Å². The zero-order chi connectivity index (χ0) is 14.4. The number of hydrogen-bond acceptors (Lipinski definition) is 6. The fraction of sp³-hybridized carbons (Fsp3) is 0.286. The standard InChI is InChI=1S/C14H12N2O4S/c17-21(18)6-5-10(8-21)14-15-13(16-20-14)12-7-9-3-1-2-4-11(9)19-12/h1-4,7,10H,5-6,8H2/t10-/m1/s1. The predicted octanol–water partition coefficient (Wildman–Crippen LogP) is 2.38. The average molecular weight is 304 g/mol. The van der Waals surface area contributed by atoms with Gasteiger partial charge in [0.25, 0.3) is 0 Å². The molecule has 0 N–H and O–H groups in total. The minimum Gasteiger partial charge on any atom is -0.453 e. The van der Waals surface area contributed by atoms with E-state index in [1.54, 1.807) is 0 Å². The van der Waals surface area contributed by atoms with E-state index < -0.39 is 9.84 Å². The molecule has 0 bridgehead atoms. The Balaban J connectivity index is 1.68. The Morgan fingerprint density at radius 1 is 1.24 bits per heavy atom. The maximum Gasteiger partial charge on any atom is 0.238 e. The van der Waals surface area contributed by atoms with E-state index in [1.807, 2.05) is 30.3 Å². The lowest BCUT2D eigenvalue weighted by molar-refractivity contribution is 0.360. The molecule has 21 heavy (non-hydrogen) atoms. The maximum atomic E-state index is 11.5. The van der Waals surface area contributed by atoms with Gasteiger partial charge in [-0.3, -0.25) is 0 Å². The highest BCUT2D eigenvalue weighted by atomic mass is 32.2. The van der Waals surface area contributed by atoms with Gasteiger partial charge in [0, 0.05) is 5.39 Å². The highest BCUT2D eigenvalue weighted by Crippen LogP contribution is 2.30. The molecule has 108 valence electrons. The van der Waals surface area contributed by atoms with Crippen molar-refractivity contribution in [2.24, 2.45) is 0 Å². The molecular formula is C14H12N2O4S. The molecule has 0 aliphatic carbocycles. The normalized spacial score (nSPS) is 21.0. The third kappa shape index (κ3) is 2.23. The smallest absolute Gasteiger partial charge is 0.238 e. The second-order valence-electron chi connectivity index (χ2n) is 5.20. The van der Waals surface area contributed by atoms with E-state index in [-0.39, 0.29) is 17.4 Å². The molecule has 1 atom stereocenters. The summed E-state index contributed by atoms with van der Waals surface area (Å²) in [7, 11) is -2.97. The molecule has 1 saturated heterocycles. The molecule has 0 radical (unpaired) electrons. The van der Waals surface area contributed by atoms with Crippen LogP contribution in [0.5, 0.6) is 0 Å². The molecule has 0 unspecified atom stereocenters. The van der Waals surface area contributed by atoms with Crippen molar-refractivity contribution in [1.82, 2.24) is 10.1 Å². The van der Waals surface area contributed by atoms with Gasteiger partial charge in [-0.05, 0) is 18.6 Å². The van der Waals surface area contributed by atoms with Gasteiger partial charge in [-0.15, -0.1) is 0 Å². The number of sulfone groups is 1. The number of para-hydroxylation sites is 1. The van der Waals surface area contributed by atoms with E-state index in [1.165, 1.54) is 0 Å². The Morgan fingerprint density at radius 2 is 2.10 bits per heavy atom. The monoisotopic (exact) mass is 304 g/mol. The highest BCUT2D eigenvalue weighted by molar-refractivity contribution is 7.91. The van der Waals surface area contributed by atoms with Crippen LogP contribution in [0.1, 0.15) is 18.2 Å². The summed E-state index contributed by atoms with van der Waals surface area (Å²) < 4.78 is 33.9. The number of fused-ring (bicyclic) bond motifs is 1. The van der Waals surface area contributed by atoms with Crippen molar-refractivity contribution in [3.8, 4) is 11.6 Å². The van der Waals surface area contributed by atoms with E-state index in [2.05, 4.69) is 10.1 Å². The Bertz CT molecular complexity index is 877. The predicted molar refractivity (Wildman–Crippen MR) is 75.5 cm³/mol. The molecule has 3 heterocycles. The summed E-state index contributed by atoms with van der Waals surface area (Å²) in [6.07, 6.45) is 0.532. The number of aromatic nitrogens is 2. The Labute approximate surface area is 120 Å². The van der Waals surface area contributed by atoms with Crippen LogP contribution in [0, 0.1) is 0 Å². The first-order chi connectivity index (χ1) is 10.1. The summed E-state index contributed by atoms with van der Waals surface area (Å²) in [6, 6.07) is 9.46. The van der Waals surface area contributed by atoms with E-state index >= 15 is 0 Å². The van der Waals surface area contributed by atoms with Crippen molar-refractivity contribution < 1.29 is 17.4 Å². The molecule has 1 fully saturated rings. The molecule has 1 aliphatic heterocycles. The van der Waals surface area contributed by atoms with Gasteiger partial charge < -0.3 is 8.94 Å². The molecule has 1 aliphatic rings. The van der Waals surface area contributed by atoms with Crippen LogP contribution >= 0.6 is 0 Å². The zero-order valence-electron chi connectivity index (χ0n) is 11.0. The minimum absolute atomic E-state index is 0.0781. The number of hydrogen-bond donors (Lipinski definition) is 0. The van der Waals surface area contributed by atoms with E-state index in [4.69, 9.17) is 8.94 Å². The Hall–Kier alpha value is -2.15. The number of furan rings is 1. The molecule has 2 aromatic heterocycles. The molecule has 4 rings (SSSR count). The number of rotatable bonds is 2. The van der Waals surface area contributed by atoms with Gasteiger partial charge >= 0.3 is 0 Å². The third-order valence-corrected chi connectivity index (χ3v) is 5.44. The largest absolute Gasteiger partial charge is 0.453 e. The van der Waals surface area contributed by atoms with Gasteiger partial charge in [-0.25, -0.2) is 8.42 Å². The van der Waals surface area contributed by atoms with E-state index in [0.717, 1.165) is 11.0 Å². The summed E-state index contributed by atoms with van der Waals surface area (Å²) in [6.45, 7) is 0. The lowest BCUT2D eigenvalue weighted by Gasteiger charge is -1.97. The molecule has 0 spiro atoms. The van der Waals surface area contributed by atoms with Gasteiger partial charge in [-0.2, -0.15) is 4.98 Å². The van der Waals surface area contributed by atoms with Gasteiger partial charge in [0.1, 0.15) is 5.58 Å². The van der Waals surface area contributed by atoms with Gasteiger partial charge in [0.2, 0.25) is 11.7 Å². The molecule has 3 aromatic rings. The van der Waals surface area contributed by atoms with Crippen LogP contribution in [0.4, 0.5) is 0 Å². The molecule has 0 amide bonds. The maximum absolute atomic E-state index is 11.5. The summed E-state index contributed by atoms with van der Waals surface area (Å²) in [4.78, 5) is 4.29. The molecule has 7 heteroatoms. The van der Waals surface area contributed by atoms with Crippen LogP contribution in [0.2, 0.25) is 0 Å². The summed E-state index contributed by atoms with van der Waals surface area (Å²) in [5.41, 5.74) is 0.752. The van der Waals surface area contributed by atoms with Gasteiger partial charge in [-0.1, -0.05) is 23.4 Å².